The normalized spacial score (nSPS) is 22.7. The Bertz CT molecular complexity index is 842. The van der Waals surface area contributed by atoms with Crippen molar-refractivity contribution in [2.75, 3.05) is 39.5 Å². The van der Waals surface area contributed by atoms with Crippen LogP contribution in [0.5, 0.6) is 0 Å². The van der Waals surface area contributed by atoms with E-state index in [1.165, 1.54) is 24.0 Å². The fraction of sp³-hybridized carbons (Fsp3) is 0.462. The Kier molecular flexibility index (Phi) is 9.34. The van der Waals surface area contributed by atoms with Crippen molar-refractivity contribution in [1.82, 2.24) is 9.80 Å². The molecular weight excluding hydrogens is 416 g/mol. The van der Waals surface area contributed by atoms with Gasteiger partial charge in [0.25, 0.3) is 0 Å². The first-order chi connectivity index (χ1) is 15.3. The highest BCUT2D eigenvalue weighted by Crippen LogP contribution is 2.49. The van der Waals surface area contributed by atoms with Crippen molar-refractivity contribution in [2.24, 2.45) is 0 Å². The maximum Gasteiger partial charge on any atom is 0.0973 e. The zero-order chi connectivity index (χ0) is 23.8. The van der Waals surface area contributed by atoms with Crippen LogP contribution in [0.1, 0.15) is 37.3 Å². The van der Waals surface area contributed by atoms with Gasteiger partial charge in [0, 0.05) is 55.7 Å². The van der Waals surface area contributed by atoms with Crippen LogP contribution in [0.2, 0.25) is 0 Å². The number of hydrogen-bond acceptors (Lipinski definition) is 5. The van der Waals surface area contributed by atoms with Gasteiger partial charge in [-0.1, -0.05) is 49.1 Å². The predicted octanol–water partition coefficient (Wildman–Crippen LogP) is 4.80. The van der Waals surface area contributed by atoms with Crippen LogP contribution in [-0.2, 0) is 5.41 Å². The molecule has 1 unspecified atom stereocenters. The zero-order valence-corrected chi connectivity index (χ0v) is 20.5. The molecule has 5 nitrogen and oxygen atoms in total. The van der Waals surface area contributed by atoms with E-state index < -0.39 is 0 Å². The molecule has 2 fully saturated rings. The predicted molar refractivity (Wildman–Crippen MR) is 140 cm³/mol. The number of allylic oxidation sites excluding steroid dienone is 4. The summed E-state index contributed by atoms with van der Waals surface area (Å²) in [6.07, 6.45) is 11.0. The van der Waals surface area contributed by atoms with Crippen LogP contribution in [0, 0.1) is 10.8 Å². The average Bonchev–Trinajstić information content (AvgIpc) is 3.59. The van der Waals surface area contributed by atoms with Crippen molar-refractivity contribution in [3.63, 3.8) is 0 Å². The summed E-state index contributed by atoms with van der Waals surface area (Å²) in [5, 5.41) is 23.8. The lowest BCUT2D eigenvalue weighted by molar-refractivity contribution is 0.257. The van der Waals surface area contributed by atoms with Crippen LogP contribution in [-0.4, -0.2) is 71.8 Å². The van der Waals surface area contributed by atoms with Crippen molar-refractivity contribution >= 4 is 29.9 Å². The number of nitrogens with one attached hydrogen (secondary N) is 2. The maximum absolute atomic E-state index is 9.73. The van der Waals surface area contributed by atoms with Crippen molar-refractivity contribution < 1.29 is 5.11 Å². The van der Waals surface area contributed by atoms with E-state index in [0.29, 0.717) is 12.3 Å². The van der Waals surface area contributed by atoms with Crippen molar-refractivity contribution in [3.05, 3.63) is 66.4 Å². The molecule has 0 spiro atoms. The summed E-state index contributed by atoms with van der Waals surface area (Å²) >= 11 is 1.80. The molecule has 1 saturated carbocycles. The molecule has 3 N–H and O–H groups in total. The lowest BCUT2D eigenvalue weighted by Crippen LogP contribution is -2.39. The Labute approximate surface area is 197 Å². The summed E-state index contributed by atoms with van der Waals surface area (Å²) in [6.45, 7) is 10.3. The molecule has 3 rings (SSSR count). The van der Waals surface area contributed by atoms with Gasteiger partial charge in [-0.15, -0.1) is 0 Å². The minimum absolute atomic E-state index is 0.129. The number of hydrogen-bond donors (Lipinski definition) is 3. The third-order valence-corrected chi connectivity index (χ3v) is 7.41. The zero-order valence-electron chi connectivity index (χ0n) is 19.7. The molecule has 1 atom stereocenters. The smallest absolute Gasteiger partial charge is 0.0973 e. The highest BCUT2D eigenvalue weighted by atomic mass is 32.2. The van der Waals surface area contributed by atoms with Crippen LogP contribution in [0.15, 0.2) is 55.3 Å². The first kappa shape index (κ1) is 25.9. The summed E-state index contributed by atoms with van der Waals surface area (Å²) in [5.74, 6) is 1.63. The van der Waals surface area contributed by atoms with Crippen molar-refractivity contribution in [2.45, 2.75) is 36.3 Å². The van der Waals surface area contributed by atoms with E-state index in [1.54, 1.807) is 17.8 Å². The third-order valence-electron chi connectivity index (χ3n) is 6.06. The Morgan fingerprint density at radius 2 is 1.91 bits per heavy atom. The van der Waals surface area contributed by atoms with Gasteiger partial charge in [-0.2, -0.15) is 11.8 Å². The first-order valence-electron chi connectivity index (χ1n) is 11.0. The molecule has 1 aliphatic heterocycles. The summed E-state index contributed by atoms with van der Waals surface area (Å²) in [7, 11) is 4.07. The Hall–Kier alpha value is -2.31. The molecule has 32 heavy (non-hydrogen) atoms. The summed E-state index contributed by atoms with van der Waals surface area (Å²) in [5.41, 5.74) is 3.89. The van der Waals surface area contributed by atoms with Crippen LogP contribution < -0.4 is 0 Å². The molecule has 174 valence electrons. The number of aliphatic hydroxyl groups excluding tert-OH is 1. The molecule has 1 saturated heterocycles. The van der Waals surface area contributed by atoms with Gasteiger partial charge in [0.15, 0.2) is 0 Å². The van der Waals surface area contributed by atoms with Gasteiger partial charge in [0.05, 0.1) is 12.4 Å². The molecule has 1 aromatic rings. The summed E-state index contributed by atoms with van der Waals surface area (Å²) in [4.78, 5) is 4.31. The summed E-state index contributed by atoms with van der Waals surface area (Å²) < 4.78 is -0.224. The van der Waals surface area contributed by atoms with E-state index in [1.807, 2.05) is 20.2 Å². The van der Waals surface area contributed by atoms with Crippen LogP contribution in [0.3, 0.4) is 0 Å². The monoisotopic (exact) mass is 454 g/mol. The van der Waals surface area contributed by atoms with Gasteiger partial charge in [-0.3, -0.25) is 5.41 Å². The average molecular weight is 455 g/mol. The number of rotatable bonds is 8. The number of amidine groups is 1. The molecule has 1 heterocycles. The van der Waals surface area contributed by atoms with Gasteiger partial charge in [0.1, 0.15) is 0 Å². The molecule has 0 radical (unpaired) electrons. The number of thioether (sulfide) groups is 1. The molecule has 1 aliphatic carbocycles. The van der Waals surface area contributed by atoms with Crippen molar-refractivity contribution in [3.8, 4) is 0 Å². The van der Waals surface area contributed by atoms with E-state index in [2.05, 4.69) is 66.6 Å². The van der Waals surface area contributed by atoms with E-state index in [0.717, 1.165) is 24.4 Å². The molecule has 2 aliphatic rings. The van der Waals surface area contributed by atoms with Gasteiger partial charge in [-0.05, 0) is 43.2 Å². The Morgan fingerprint density at radius 1 is 1.25 bits per heavy atom. The maximum atomic E-state index is 9.73. The highest BCUT2D eigenvalue weighted by Gasteiger charge is 2.46. The van der Waals surface area contributed by atoms with E-state index in [9.17, 15) is 5.11 Å². The standard InChI is InChI=1S/C25H35N3OS.CH3N/c1-5-6-7-21(17-27(3)4)20-8-10-22(11-9-20)25(12-13-25)18-28-14-15-30-24(2,19-29)16-23(28)26;1-2/h5-11,17,26,29H,1,12-16,18-19H2,2-4H3;2H,1H2/b7-6-,21-17+,26-23?;. The molecule has 0 amide bonds. The molecule has 0 bridgehead atoms. The lowest BCUT2D eigenvalue weighted by atomic mass is 9.92. The van der Waals surface area contributed by atoms with Crippen molar-refractivity contribution in [1.29, 1.82) is 10.8 Å². The lowest BCUT2D eigenvalue weighted by Gasteiger charge is -2.30. The largest absolute Gasteiger partial charge is 0.395 e. The highest BCUT2D eigenvalue weighted by molar-refractivity contribution is 8.00. The van der Waals surface area contributed by atoms with Gasteiger partial charge >= 0.3 is 0 Å². The van der Waals surface area contributed by atoms with E-state index in [4.69, 9.17) is 10.8 Å². The number of benzene rings is 1. The fourth-order valence-electron chi connectivity index (χ4n) is 4.06. The van der Waals surface area contributed by atoms with Gasteiger partial charge in [-0.25, -0.2) is 0 Å². The van der Waals surface area contributed by atoms with Crippen LogP contribution in [0.4, 0.5) is 0 Å². The topological polar surface area (TPSA) is 74.4 Å². The van der Waals surface area contributed by atoms with E-state index >= 15 is 0 Å². The molecular formula is C26H38N4OS. The van der Waals surface area contributed by atoms with Crippen LogP contribution >= 0.6 is 11.8 Å². The van der Waals surface area contributed by atoms with Crippen LogP contribution in [0.25, 0.3) is 5.57 Å². The SMILES string of the molecule is C=C/C=C\C(=C/N(C)C)c1ccc(C2(CN3CCSC(C)(CO)CC3=N)CC2)cc1.C=N. The third kappa shape index (κ3) is 6.59. The second kappa shape index (κ2) is 11.5. The first-order valence-corrected chi connectivity index (χ1v) is 12.0. The molecule has 1 aromatic carbocycles. The minimum atomic E-state index is -0.224. The minimum Gasteiger partial charge on any atom is -0.395 e. The second-order valence-electron chi connectivity index (χ2n) is 9.00. The Balaban J connectivity index is 0.00000176. The second-order valence-corrected chi connectivity index (χ2v) is 10.7. The quantitative estimate of drug-likeness (QED) is 0.390. The Morgan fingerprint density at radius 3 is 2.44 bits per heavy atom. The number of aliphatic hydroxyl groups is 1. The number of nitrogens with zero attached hydrogens (tertiary/aromatic N) is 2. The summed E-state index contributed by atoms with van der Waals surface area (Å²) in [6, 6.07) is 8.96. The molecule has 6 heteroatoms. The van der Waals surface area contributed by atoms with Gasteiger partial charge in [0.2, 0.25) is 0 Å². The fourth-order valence-corrected chi connectivity index (χ4v) is 5.20. The molecule has 0 aromatic heterocycles. The van der Waals surface area contributed by atoms with Gasteiger partial charge < -0.3 is 20.3 Å². The van der Waals surface area contributed by atoms with E-state index in [-0.39, 0.29) is 16.8 Å².